The van der Waals surface area contributed by atoms with Crippen molar-refractivity contribution in [3.05, 3.63) is 35.4 Å². The van der Waals surface area contributed by atoms with Crippen molar-refractivity contribution < 1.29 is 19.1 Å². The molecule has 120 valence electrons. The molecule has 0 bridgehead atoms. The number of amides is 2. The van der Waals surface area contributed by atoms with Crippen molar-refractivity contribution in [1.29, 1.82) is 0 Å². The average Bonchev–Trinajstić information content (AvgIpc) is 2.60. The Bertz CT molecular complexity index is 769. The third kappa shape index (κ3) is 2.95. The van der Waals surface area contributed by atoms with Gasteiger partial charge in [0.2, 0.25) is 11.8 Å². The Hall–Kier alpha value is -2.67. The van der Waals surface area contributed by atoms with E-state index in [0.29, 0.717) is 48.6 Å². The fraction of sp³-hybridized carbons (Fsp3) is 0.312. The standard InChI is InChI=1S/C16H17N3O4/c1-22-14-9-12(15(17)20)11-8-10(2-3-13(11)18-14)16(21)19-4-6-23-7-5-19/h2-3,8-9H,4-7H2,1H3,(H2,17,20). The van der Waals surface area contributed by atoms with Crippen molar-refractivity contribution in [1.82, 2.24) is 9.88 Å². The molecular weight excluding hydrogens is 298 g/mol. The number of nitrogens with two attached hydrogens (primary N) is 1. The summed E-state index contributed by atoms with van der Waals surface area (Å²) in [6.07, 6.45) is 0. The highest BCUT2D eigenvalue weighted by Crippen LogP contribution is 2.24. The Kier molecular flexibility index (Phi) is 4.12. The fourth-order valence-electron chi connectivity index (χ4n) is 2.59. The highest BCUT2D eigenvalue weighted by Gasteiger charge is 2.20. The molecule has 7 heteroatoms. The first-order valence-electron chi connectivity index (χ1n) is 7.26. The zero-order valence-electron chi connectivity index (χ0n) is 12.7. The minimum Gasteiger partial charge on any atom is -0.481 e. The predicted molar refractivity (Wildman–Crippen MR) is 83.5 cm³/mol. The van der Waals surface area contributed by atoms with Gasteiger partial charge in [0.25, 0.3) is 5.91 Å². The molecule has 1 aromatic carbocycles. The second kappa shape index (κ2) is 6.21. The normalized spacial score (nSPS) is 14.7. The second-order valence-corrected chi connectivity index (χ2v) is 5.21. The molecule has 1 aromatic heterocycles. The Morgan fingerprint density at radius 1 is 1.26 bits per heavy atom. The molecule has 0 unspecified atom stereocenters. The van der Waals surface area contributed by atoms with Gasteiger partial charge in [0.05, 0.1) is 31.4 Å². The van der Waals surface area contributed by atoms with Crippen LogP contribution in [-0.4, -0.2) is 55.1 Å². The molecule has 2 aromatic rings. The SMILES string of the molecule is COc1cc(C(N)=O)c2cc(C(=O)N3CCOCC3)ccc2n1. The molecule has 7 nitrogen and oxygen atoms in total. The van der Waals surface area contributed by atoms with E-state index in [1.807, 2.05) is 0 Å². The Morgan fingerprint density at radius 2 is 2.00 bits per heavy atom. The maximum atomic E-state index is 12.6. The van der Waals surface area contributed by atoms with Crippen LogP contribution in [0.4, 0.5) is 0 Å². The number of hydrogen-bond donors (Lipinski definition) is 1. The number of aromatic nitrogens is 1. The third-order valence-corrected chi connectivity index (χ3v) is 3.81. The first-order chi connectivity index (χ1) is 11.1. The zero-order valence-corrected chi connectivity index (χ0v) is 12.7. The van der Waals surface area contributed by atoms with E-state index in [4.69, 9.17) is 15.2 Å². The monoisotopic (exact) mass is 315 g/mol. The molecule has 0 saturated carbocycles. The maximum absolute atomic E-state index is 12.6. The van der Waals surface area contributed by atoms with Gasteiger partial charge in [-0.2, -0.15) is 0 Å². The number of hydrogen-bond acceptors (Lipinski definition) is 5. The molecular formula is C16H17N3O4. The summed E-state index contributed by atoms with van der Waals surface area (Å²) in [5, 5.41) is 0.539. The van der Waals surface area contributed by atoms with Gasteiger partial charge in [-0.25, -0.2) is 4.98 Å². The Morgan fingerprint density at radius 3 is 2.65 bits per heavy atom. The van der Waals surface area contributed by atoms with Crippen molar-refractivity contribution >= 4 is 22.7 Å². The van der Waals surface area contributed by atoms with Crippen LogP contribution >= 0.6 is 0 Å². The zero-order chi connectivity index (χ0) is 16.4. The predicted octanol–water partition coefficient (Wildman–Crippen LogP) is 0.815. The number of nitrogens with zero attached hydrogens (tertiary/aromatic N) is 2. The fourth-order valence-corrected chi connectivity index (χ4v) is 2.59. The van der Waals surface area contributed by atoms with E-state index in [0.717, 1.165) is 0 Å². The third-order valence-electron chi connectivity index (χ3n) is 3.81. The minimum atomic E-state index is -0.591. The molecule has 2 N–H and O–H groups in total. The van der Waals surface area contributed by atoms with E-state index >= 15 is 0 Å². The summed E-state index contributed by atoms with van der Waals surface area (Å²) >= 11 is 0. The van der Waals surface area contributed by atoms with Crippen LogP contribution in [0.15, 0.2) is 24.3 Å². The number of primary amides is 1. The molecule has 0 spiro atoms. The van der Waals surface area contributed by atoms with Crippen LogP contribution in [-0.2, 0) is 4.74 Å². The van der Waals surface area contributed by atoms with Gasteiger partial charge in [-0.1, -0.05) is 0 Å². The van der Waals surface area contributed by atoms with Gasteiger partial charge in [0, 0.05) is 30.1 Å². The summed E-state index contributed by atoms with van der Waals surface area (Å²) in [4.78, 5) is 30.3. The van der Waals surface area contributed by atoms with E-state index in [-0.39, 0.29) is 11.5 Å². The highest BCUT2D eigenvalue weighted by molar-refractivity contribution is 6.08. The second-order valence-electron chi connectivity index (χ2n) is 5.21. The van der Waals surface area contributed by atoms with Gasteiger partial charge >= 0.3 is 0 Å². The topological polar surface area (TPSA) is 94.8 Å². The molecule has 0 atom stereocenters. The lowest BCUT2D eigenvalue weighted by atomic mass is 10.0. The highest BCUT2D eigenvalue weighted by atomic mass is 16.5. The van der Waals surface area contributed by atoms with Crippen molar-refractivity contribution in [3.63, 3.8) is 0 Å². The van der Waals surface area contributed by atoms with Crippen LogP contribution in [0.2, 0.25) is 0 Å². The van der Waals surface area contributed by atoms with Crippen LogP contribution in [0.5, 0.6) is 5.88 Å². The van der Waals surface area contributed by atoms with E-state index in [2.05, 4.69) is 4.98 Å². The largest absolute Gasteiger partial charge is 0.481 e. The van der Waals surface area contributed by atoms with Crippen LogP contribution in [0, 0.1) is 0 Å². The lowest BCUT2D eigenvalue weighted by molar-refractivity contribution is 0.0303. The Labute approximate surface area is 133 Å². The molecule has 0 aliphatic carbocycles. The number of carbonyl (C=O) groups excluding carboxylic acids is 2. The summed E-state index contributed by atoms with van der Waals surface area (Å²) in [6, 6.07) is 6.52. The number of benzene rings is 1. The summed E-state index contributed by atoms with van der Waals surface area (Å²) in [5.74, 6) is -0.383. The molecule has 1 fully saturated rings. The molecule has 2 heterocycles. The van der Waals surface area contributed by atoms with Gasteiger partial charge < -0.3 is 20.1 Å². The van der Waals surface area contributed by atoms with Gasteiger partial charge in [0.1, 0.15) is 0 Å². The summed E-state index contributed by atoms with van der Waals surface area (Å²) in [5.41, 5.74) is 6.77. The number of pyridine rings is 1. The van der Waals surface area contributed by atoms with Gasteiger partial charge in [0.15, 0.2) is 0 Å². The quantitative estimate of drug-likeness (QED) is 0.904. The molecule has 0 radical (unpaired) electrons. The van der Waals surface area contributed by atoms with Crippen molar-refractivity contribution in [3.8, 4) is 5.88 Å². The Balaban J connectivity index is 2.05. The maximum Gasteiger partial charge on any atom is 0.254 e. The number of rotatable bonds is 3. The van der Waals surface area contributed by atoms with E-state index in [1.54, 1.807) is 23.1 Å². The molecule has 1 aliphatic rings. The summed E-state index contributed by atoms with van der Waals surface area (Å²) in [6.45, 7) is 2.18. The van der Waals surface area contributed by atoms with Crippen molar-refractivity contribution in [2.24, 2.45) is 5.73 Å². The van der Waals surface area contributed by atoms with Gasteiger partial charge in [-0.15, -0.1) is 0 Å². The van der Waals surface area contributed by atoms with E-state index < -0.39 is 5.91 Å². The van der Waals surface area contributed by atoms with Crippen LogP contribution < -0.4 is 10.5 Å². The number of morpholine rings is 1. The average molecular weight is 315 g/mol. The van der Waals surface area contributed by atoms with E-state index in [9.17, 15) is 9.59 Å². The summed E-state index contributed by atoms with van der Waals surface area (Å²) < 4.78 is 10.3. The number of methoxy groups -OCH3 is 1. The molecule has 1 saturated heterocycles. The smallest absolute Gasteiger partial charge is 0.254 e. The molecule has 23 heavy (non-hydrogen) atoms. The minimum absolute atomic E-state index is 0.0959. The summed E-state index contributed by atoms with van der Waals surface area (Å²) in [7, 11) is 1.47. The van der Waals surface area contributed by atoms with Crippen molar-refractivity contribution in [2.75, 3.05) is 33.4 Å². The first-order valence-corrected chi connectivity index (χ1v) is 7.26. The molecule has 3 rings (SSSR count). The van der Waals surface area contributed by atoms with Gasteiger partial charge in [-0.3, -0.25) is 9.59 Å². The molecule has 1 aliphatic heterocycles. The molecule has 2 amide bonds. The van der Waals surface area contributed by atoms with Crippen molar-refractivity contribution in [2.45, 2.75) is 0 Å². The van der Waals surface area contributed by atoms with Crippen LogP contribution in [0.3, 0.4) is 0 Å². The van der Waals surface area contributed by atoms with E-state index in [1.165, 1.54) is 13.2 Å². The number of fused-ring (bicyclic) bond motifs is 1. The first kappa shape index (κ1) is 15.2. The van der Waals surface area contributed by atoms with Crippen LogP contribution in [0.25, 0.3) is 10.9 Å². The number of ether oxygens (including phenoxy) is 2. The lowest BCUT2D eigenvalue weighted by Gasteiger charge is -2.27. The number of carbonyl (C=O) groups is 2. The van der Waals surface area contributed by atoms with Crippen LogP contribution in [0.1, 0.15) is 20.7 Å². The van der Waals surface area contributed by atoms with Gasteiger partial charge in [-0.05, 0) is 18.2 Å². The lowest BCUT2D eigenvalue weighted by Crippen LogP contribution is -2.40.